The lowest BCUT2D eigenvalue weighted by Gasteiger charge is -2.27. The highest BCUT2D eigenvalue weighted by Crippen LogP contribution is 2.30. The molecule has 0 unspecified atom stereocenters. The summed E-state index contributed by atoms with van der Waals surface area (Å²) in [6, 6.07) is 11.6. The summed E-state index contributed by atoms with van der Waals surface area (Å²) in [5.41, 5.74) is 0.672. The van der Waals surface area contributed by atoms with Crippen molar-refractivity contribution in [3.8, 4) is 11.5 Å². The monoisotopic (exact) mass is 459 g/mol. The van der Waals surface area contributed by atoms with Gasteiger partial charge in [0.2, 0.25) is 0 Å². The number of morpholine rings is 1. The summed E-state index contributed by atoms with van der Waals surface area (Å²) in [5.74, 6) is 0.691. The van der Waals surface area contributed by atoms with Crippen LogP contribution in [0.1, 0.15) is 6.42 Å². The minimum atomic E-state index is -0.320. The lowest BCUT2D eigenvalue weighted by molar-refractivity contribution is -0.120. The Hall–Kier alpha value is -2.75. The average Bonchev–Trinajstić information content (AvgIpc) is 3.24. The van der Waals surface area contributed by atoms with Crippen molar-refractivity contribution in [3.05, 3.63) is 48.3 Å². The summed E-state index contributed by atoms with van der Waals surface area (Å²) in [6.45, 7) is 4.50. The maximum atomic E-state index is 13.6. The fraction of sp³-hybridized carbons (Fsp3) is 0.391. The Morgan fingerprint density at radius 1 is 1.22 bits per heavy atom. The van der Waals surface area contributed by atoms with E-state index in [4.69, 9.17) is 14.2 Å². The number of amides is 1. The van der Waals surface area contributed by atoms with Gasteiger partial charge in [0.25, 0.3) is 5.91 Å². The van der Waals surface area contributed by atoms with E-state index in [9.17, 15) is 9.18 Å². The van der Waals surface area contributed by atoms with Crippen molar-refractivity contribution in [2.45, 2.75) is 6.42 Å². The van der Waals surface area contributed by atoms with Gasteiger partial charge in [0, 0.05) is 32.2 Å². The normalized spacial score (nSPS) is 14.4. The van der Waals surface area contributed by atoms with E-state index >= 15 is 0 Å². The average molecular weight is 460 g/mol. The van der Waals surface area contributed by atoms with Crippen molar-refractivity contribution >= 4 is 32.6 Å². The van der Waals surface area contributed by atoms with Crippen LogP contribution in [0.15, 0.2) is 42.5 Å². The van der Waals surface area contributed by atoms with E-state index in [0.29, 0.717) is 33.4 Å². The Morgan fingerprint density at radius 2 is 2.03 bits per heavy atom. The molecular formula is C23H26FN3O4S. The first-order chi connectivity index (χ1) is 15.6. The summed E-state index contributed by atoms with van der Waals surface area (Å²) in [4.78, 5) is 21.7. The molecule has 1 aliphatic rings. The van der Waals surface area contributed by atoms with Gasteiger partial charge in [0.1, 0.15) is 17.3 Å². The number of aromatic nitrogens is 1. The van der Waals surface area contributed by atoms with Crippen molar-refractivity contribution in [2.75, 3.05) is 58.0 Å². The number of hydrogen-bond donors (Lipinski definition) is 0. The molecule has 0 bridgehead atoms. The molecule has 0 radical (unpaired) electrons. The number of thiazole rings is 1. The highest BCUT2D eigenvalue weighted by Gasteiger charge is 2.21. The molecule has 1 amide bonds. The number of carbonyl (C=O) groups is 1. The smallest absolute Gasteiger partial charge is 0.266 e. The second kappa shape index (κ2) is 10.7. The molecule has 2 aromatic carbocycles. The number of halogens is 1. The van der Waals surface area contributed by atoms with Crippen molar-refractivity contribution < 1.29 is 23.4 Å². The van der Waals surface area contributed by atoms with Crippen molar-refractivity contribution in [1.29, 1.82) is 0 Å². The van der Waals surface area contributed by atoms with E-state index in [1.807, 2.05) is 6.07 Å². The van der Waals surface area contributed by atoms with Crippen LogP contribution in [0.5, 0.6) is 11.5 Å². The predicted octanol–water partition coefficient (Wildman–Crippen LogP) is 3.58. The van der Waals surface area contributed by atoms with Gasteiger partial charge in [-0.15, -0.1) is 0 Å². The Bertz CT molecular complexity index is 1050. The fourth-order valence-electron chi connectivity index (χ4n) is 3.52. The van der Waals surface area contributed by atoms with Crippen molar-refractivity contribution in [2.24, 2.45) is 0 Å². The highest BCUT2D eigenvalue weighted by atomic mass is 32.1. The van der Waals surface area contributed by atoms with E-state index in [2.05, 4.69) is 9.88 Å². The molecule has 0 atom stereocenters. The molecule has 1 aliphatic heterocycles. The number of nitrogens with zero attached hydrogens (tertiary/aromatic N) is 3. The minimum absolute atomic E-state index is 0.130. The zero-order chi connectivity index (χ0) is 22.3. The number of hydrogen-bond acceptors (Lipinski definition) is 7. The molecule has 0 saturated carbocycles. The Kier molecular flexibility index (Phi) is 7.51. The Morgan fingerprint density at radius 3 is 2.84 bits per heavy atom. The summed E-state index contributed by atoms with van der Waals surface area (Å²) in [6.07, 6.45) is 0.787. The van der Waals surface area contributed by atoms with Crippen LogP contribution < -0.4 is 14.4 Å². The van der Waals surface area contributed by atoms with Crippen LogP contribution in [-0.2, 0) is 9.53 Å². The number of methoxy groups -OCH3 is 1. The SMILES string of the molecule is COc1cccc(OCC(=O)N(CCCN2CCOCC2)c2nc3ccc(F)cc3s2)c1. The van der Waals surface area contributed by atoms with Gasteiger partial charge in [-0.05, 0) is 36.8 Å². The maximum absolute atomic E-state index is 13.6. The molecule has 4 rings (SSSR count). The maximum Gasteiger partial charge on any atom is 0.266 e. The van der Waals surface area contributed by atoms with E-state index in [-0.39, 0.29) is 18.3 Å². The first-order valence-electron chi connectivity index (χ1n) is 10.6. The number of rotatable bonds is 9. The lowest BCUT2D eigenvalue weighted by Crippen LogP contribution is -2.40. The van der Waals surface area contributed by atoms with Crippen LogP contribution in [0.4, 0.5) is 9.52 Å². The number of ether oxygens (including phenoxy) is 3. The van der Waals surface area contributed by atoms with Crippen LogP contribution in [0.3, 0.4) is 0 Å². The van der Waals surface area contributed by atoms with Crippen LogP contribution >= 0.6 is 11.3 Å². The second-order valence-electron chi connectivity index (χ2n) is 7.43. The number of benzene rings is 2. The van der Waals surface area contributed by atoms with E-state index < -0.39 is 0 Å². The van der Waals surface area contributed by atoms with E-state index in [1.54, 1.807) is 36.3 Å². The van der Waals surface area contributed by atoms with Gasteiger partial charge in [0.05, 0.1) is 30.5 Å². The summed E-state index contributed by atoms with van der Waals surface area (Å²) in [5, 5.41) is 0.548. The quantitative estimate of drug-likeness (QED) is 0.488. The van der Waals surface area contributed by atoms with Crippen LogP contribution in [0.25, 0.3) is 10.2 Å². The molecule has 32 heavy (non-hydrogen) atoms. The van der Waals surface area contributed by atoms with Gasteiger partial charge >= 0.3 is 0 Å². The Balaban J connectivity index is 1.46. The minimum Gasteiger partial charge on any atom is -0.497 e. The molecule has 7 nitrogen and oxygen atoms in total. The third-order valence-corrected chi connectivity index (χ3v) is 6.28. The standard InChI is InChI=1S/C23H26FN3O4S/c1-29-18-4-2-5-19(15-18)31-16-22(28)27(9-3-8-26-10-12-30-13-11-26)23-25-20-7-6-17(24)14-21(20)32-23/h2,4-7,14-15H,3,8-13,16H2,1H3. The van der Waals surface area contributed by atoms with Gasteiger partial charge in [-0.1, -0.05) is 17.4 Å². The summed E-state index contributed by atoms with van der Waals surface area (Å²) >= 11 is 1.31. The molecular weight excluding hydrogens is 433 g/mol. The topological polar surface area (TPSA) is 64.1 Å². The summed E-state index contributed by atoms with van der Waals surface area (Å²) < 4.78 is 30.7. The fourth-order valence-corrected chi connectivity index (χ4v) is 4.55. The largest absolute Gasteiger partial charge is 0.497 e. The Labute approximate surface area is 190 Å². The predicted molar refractivity (Wildman–Crippen MR) is 122 cm³/mol. The van der Waals surface area contributed by atoms with Gasteiger partial charge in [-0.3, -0.25) is 14.6 Å². The second-order valence-corrected chi connectivity index (χ2v) is 8.44. The molecule has 1 aromatic heterocycles. The molecule has 170 valence electrons. The van der Waals surface area contributed by atoms with Gasteiger partial charge < -0.3 is 14.2 Å². The first kappa shape index (κ1) is 22.4. The van der Waals surface area contributed by atoms with E-state index in [1.165, 1.54) is 23.5 Å². The molecule has 1 fully saturated rings. The van der Waals surface area contributed by atoms with Crippen molar-refractivity contribution in [3.63, 3.8) is 0 Å². The molecule has 2 heterocycles. The molecule has 0 spiro atoms. The third kappa shape index (κ3) is 5.73. The molecule has 3 aromatic rings. The number of anilines is 1. The number of fused-ring (bicyclic) bond motifs is 1. The zero-order valence-electron chi connectivity index (χ0n) is 18.0. The van der Waals surface area contributed by atoms with Crippen LogP contribution in [-0.4, -0.2) is 68.9 Å². The molecule has 0 aliphatic carbocycles. The lowest BCUT2D eigenvalue weighted by atomic mass is 10.3. The zero-order valence-corrected chi connectivity index (χ0v) is 18.8. The van der Waals surface area contributed by atoms with Gasteiger partial charge in [-0.25, -0.2) is 9.37 Å². The van der Waals surface area contributed by atoms with Gasteiger partial charge in [0.15, 0.2) is 11.7 Å². The van der Waals surface area contributed by atoms with Gasteiger partial charge in [-0.2, -0.15) is 0 Å². The summed E-state index contributed by atoms with van der Waals surface area (Å²) in [7, 11) is 1.58. The molecule has 9 heteroatoms. The first-order valence-corrected chi connectivity index (χ1v) is 11.4. The highest BCUT2D eigenvalue weighted by molar-refractivity contribution is 7.22. The van der Waals surface area contributed by atoms with Crippen LogP contribution in [0.2, 0.25) is 0 Å². The third-order valence-electron chi connectivity index (χ3n) is 5.23. The molecule has 0 N–H and O–H groups in total. The number of carbonyl (C=O) groups excluding carboxylic acids is 1. The molecule has 1 saturated heterocycles. The van der Waals surface area contributed by atoms with E-state index in [0.717, 1.165) is 39.3 Å². The van der Waals surface area contributed by atoms with Crippen LogP contribution in [0, 0.1) is 5.82 Å². The van der Waals surface area contributed by atoms with Crippen molar-refractivity contribution in [1.82, 2.24) is 9.88 Å².